The van der Waals surface area contributed by atoms with E-state index in [0.29, 0.717) is 31.5 Å². The first kappa shape index (κ1) is 16.2. The standard InChI is InChI=1S/C14H29N3O2S/c1-3-13-5-4-8-15-14(13)11-16-20(18,19)17-9-6-12(2)7-10-17/h12-16H,3-11H2,1-2H3. The first-order valence-electron chi connectivity index (χ1n) is 8.01. The highest BCUT2D eigenvalue weighted by atomic mass is 32.2. The zero-order valence-corrected chi connectivity index (χ0v) is 13.6. The highest BCUT2D eigenvalue weighted by Gasteiger charge is 2.29. The Hall–Kier alpha value is -0.170. The smallest absolute Gasteiger partial charge is 0.279 e. The molecule has 0 aliphatic carbocycles. The van der Waals surface area contributed by atoms with Gasteiger partial charge in [0.1, 0.15) is 0 Å². The summed E-state index contributed by atoms with van der Waals surface area (Å²) in [5.74, 6) is 1.23. The van der Waals surface area contributed by atoms with Gasteiger partial charge in [0.25, 0.3) is 10.2 Å². The topological polar surface area (TPSA) is 61.4 Å². The first-order chi connectivity index (χ1) is 9.53. The van der Waals surface area contributed by atoms with Crippen molar-refractivity contribution >= 4 is 10.2 Å². The average molecular weight is 303 g/mol. The van der Waals surface area contributed by atoms with Crippen LogP contribution in [0.3, 0.4) is 0 Å². The minimum absolute atomic E-state index is 0.284. The number of hydrogen-bond donors (Lipinski definition) is 2. The summed E-state index contributed by atoms with van der Waals surface area (Å²) in [4.78, 5) is 0. The van der Waals surface area contributed by atoms with Crippen molar-refractivity contribution in [1.82, 2.24) is 14.3 Å². The summed E-state index contributed by atoms with van der Waals surface area (Å²) in [6.07, 6.45) is 5.46. The largest absolute Gasteiger partial charge is 0.312 e. The lowest BCUT2D eigenvalue weighted by Crippen LogP contribution is -2.52. The number of nitrogens with zero attached hydrogens (tertiary/aromatic N) is 1. The van der Waals surface area contributed by atoms with Crippen LogP contribution < -0.4 is 10.0 Å². The van der Waals surface area contributed by atoms with E-state index >= 15 is 0 Å². The summed E-state index contributed by atoms with van der Waals surface area (Å²) < 4.78 is 29.1. The van der Waals surface area contributed by atoms with Gasteiger partial charge >= 0.3 is 0 Å². The molecule has 20 heavy (non-hydrogen) atoms. The van der Waals surface area contributed by atoms with Gasteiger partial charge in [-0.25, -0.2) is 4.72 Å². The van der Waals surface area contributed by atoms with Crippen LogP contribution in [0.15, 0.2) is 0 Å². The van der Waals surface area contributed by atoms with E-state index in [9.17, 15) is 8.42 Å². The third kappa shape index (κ3) is 4.16. The van der Waals surface area contributed by atoms with E-state index in [0.717, 1.165) is 25.8 Å². The van der Waals surface area contributed by atoms with Crippen molar-refractivity contribution in [3.05, 3.63) is 0 Å². The molecular weight excluding hydrogens is 274 g/mol. The Morgan fingerprint density at radius 1 is 1.25 bits per heavy atom. The normalized spacial score (nSPS) is 30.5. The fourth-order valence-electron chi connectivity index (χ4n) is 3.26. The summed E-state index contributed by atoms with van der Waals surface area (Å²) in [5.41, 5.74) is 0. The molecule has 0 spiro atoms. The lowest BCUT2D eigenvalue weighted by Gasteiger charge is -2.34. The van der Waals surface area contributed by atoms with Crippen LogP contribution in [-0.4, -0.2) is 44.9 Å². The zero-order chi connectivity index (χ0) is 14.6. The molecule has 5 nitrogen and oxygen atoms in total. The van der Waals surface area contributed by atoms with Gasteiger partial charge < -0.3 is 5.32 Å². The van der Waals surface area contributed by atoms with Crippen molar-refractivity contribution in [1.29, 1.82) is 0 Å². The molecule has 2 saturated heterocycles. The molecule has 0 amide bonds. The molecule has 0 aromatic carbocycles. The molecule has 2 unspecified atom stereocenters. The molecule has 2 rings (SSSR count). The van der Waals surface area contributed by atoms with Crippen LogP contribution in [0.1, 0.15) is 46.0 Å². The van der Waals surface area contributed by atoms with Gasteiger partial charge in [-0.3, -0.25) is 0 Å². The van der Waals surface area contributed by atoms with E-state index in [1.54, 1.807) is 4.31 Å². The van der Waals surface area contributed by atoms with Gasteiger partial charge in [0.2, 0.25) is 0 Å². The number of hydrogen-bond acceptors (Lipinski definition) is 3. The maximum absolute atomic E-state index is 12.3. The van der Waals surface area contributed by atoms with E-state index in [-0.39, 0.29) is 6.04 Å². The van der Waals surface area contributed by atoms with Gasteiger partial charge in [-0.05, 0) is 44.1 Å². The van der Waals surface area contributed by atoms with Crippen LogP contribution in [-0.2, 0) is 10.2 Å². The van der Waals surface area contributed by atoms with E-state index in [4.69, 9.17) is 0 Å². The molecule has 0 radical (unpaired) electrons. The average Bonchev–Trinajstić information content (AvgIpc) is 2.46. The molecule has 0 saturated carbocycles. The third-order valence-corrected chi connectivity index (χ3v) is 6.40. The fourth-order valence-corrected chi connectivity index (χ4v) is 4.52. The van der Waals surface area contributed by atoms with Crippen LogP contribution in [0.2, 0.25) is 0 Å². The molecule has 6 heteroatoms. The summed E-state index contributed by atoms with van der Waals surface area (Å²) >= 11 is 0. The molecule has 2 fully saturated rings. The molecule has 2 heterocycles. The first-order valence-corrected chi connectivity index (χ1v) is 9.45. The molecule has 0 aromatic rings. The highest BCUT2D eigenvalue weighted by molar-refractivity contribution is 7.87. The minimum atomic E-state index is -3.29. The van der Waals surface area contributed by atoms with E-state index in [1.807, 2.05) is 0 Å². The highest BCUT2D eigenvalue weighted by Crippen LogP contribution is 2.20. The minimum Gasteiger partial charge on any atom is -0.312 e. The monoisotopic (exact) mass is 303 g/mol. The zero-order valence-electron chi connectivity index (χ0n) is 12.8. The number of nitrogens with one attached hydrogen (secondary N) is 2. The summed E-state index contributed by atoms with van der Waals surface area (Å²) in [6.45, 7) is 7.22. The summed E-state index contributed by atoms with van der Waals surface area (Å²) in [7, 11) is -3.29. The van der Waals surface area contributed by atoms with Crippen molar-refractivity contribution in [2.75, 3.05) is 26.2 Å². The van der Waals surface area contributed by atoms with Gasteiger partial charge in [0.15, 0.2) is 0 Å². The molecule has 118 valence electrons. The molecule has 0 bridgehead atoms. The van der Waals surface area contributed by atoms with Crippen LogP contribution >= 0.6 is 0 Å². The molecule has 2 aliphatic heterocycles. The second-order valence-electron chi connectivity index (χ2n) is 6.31. The van der Waals surface area contributed by atoms with Crippen LogP contribution in [0.25, 0.3) is 0 Å². The Kier molecular flexibility index (Phi) is 5.84. The van der Waals surface area contributed by atoms with E-state index in [1.165, 1.54) is 12.8 Å². The predicted octanol–water partition coefficient (Wildman–Crippen LogP) is 1.33. The Morgan fingerprint density at radius 3 is 2.60 bits per heavy atom. The molecule has 2 N–H and O–H groups in total. The third-order valence-electron chi connectivity index (χ3n) is 4.82. The lowest BCUT2D eigenvalue weighted by atomic mass is 9.89. The number of rotatable bonds is 5. The lowest BCUT2D eigenvalue weighted by molar-refractivity contribution is 0.264. The van der Waals surface area contributed by atoms with Gasteiger partial charge in [0.05, 0.1) is 0 Å². The van der Waals surface area contributed by atoms with Crippen LogP contribution in [0.4, 0.5) is 0 Å². The van der Waals surface area contributed by atoms with Gasteiger partial charge in [-0.1, -0.05) is 20.3 Å². The van der Waals surface area contributed by atoms with Gasteiger partial charge in [-0.15, -0.1) is 0 Å². The predicted molar refractivity (Wildman–Crippen MR) is 81.7 cm³/mol. The molecular formula is C14H29N3O2S. The Morgan fingerprint density at radius 2 is 1.95 bits per heavy atom. The van der Waals surface area contributed by atoms with Crippen molar-refractivity contribution < 1.29 is 8.42 Å². The second-order valence-corrected chi connectivity index (χ2v) is 8.06. The summed E-state index contributed by atoms with van der Waals surface area (Å²) in [6, 6.07) is 0.284. The molecule has 0 aromatic heterocycles. The quantitative estimate of drug-likeness (QED) is 0.805. The van der Waals surface area contributed by atoms with Crippen LogP contribution in [0.5, 0.6) is 0 Å². The maximum atomic E-state index is 12.3. The van der Waals surface area contributed by atoms with E-state index < -0.39 is 10.2 Å². The SMILES string of the molecule is CCC1CCCNC1CNS(=O)(=O)N1CCC(C)CC1. The second kappa shape index (κ2) is 7.20. The Labute approximate surface area is 123 Å². The van der Waals surface area contributed by atoms with Crippen LogP contribution in [0, 0.1) is 11.8 Å². The maximum Gasteiger partial charge on any atom is 0.279 e. The van der Waals surface area contributed by atoms with Gasteiger partial charge in [-0.2, -0.15) is 12.7 Å². The number of piperidine rings is 2. The molecule has 2 aliphatic rings. The van der Waals surface area contributed by atoms with Crippen molar-refractivity contribution in [2.24, 2.45) is 11.8 Å². The van der Waals surface area contributed by atoms with E-state index in [2.05, 4.69) is 23.9 Å². The molecule has 2 atom stereocenters. The van der Waals surface area contributed by atoms with Crippen molar-refractivity contribution in [3.8, 4) is 0 Å². The fraction of sp³-hybridized carbons (Fsp3) is 1.00. The Balaban J connectivity index is 1.85. The van der Waals surface area contributed by atoms with Gasteiger partial charge in [0, 0.05) is 25.7 Å². The summed E-state index contributed by atoms with van der Waals surface area (Å²) in [5, 5.41) is 3.46. The van der Waals surface area contributed by atoms with Crippen molar-refractivity contribution in [2.45, 2.75) is 52.0 Å². The van der Waals surface area contributed by atoms with Crippen molar-refractivity contribution in [3.63, 3.8) is 0 Å². The Bertz CT molecular complexity index is 391.